The minimum absolute atomic E-state index is 0.201. The molecule has 19 heavy (non-hydrogen) atoms. The van der Waals surface area contributed by atoms with E-state index in [2.05, 4.69) is 25.6 Å². The van der Waals surface area contributed by atoms with Gasteiger partial charge in [0.25, 0.3) is 0 Å². The smallest absolute Gasteiger partial charge is 0.325 e. The molecule has 2 aromatic heterocycles. The van der Waals surface area contributed by atoms with E-state index in [1.807, 2.05) is 19.9 Å². The lowest BCUT2D eigenvalue weighted by atomic mass is 10.3. The number of aromatic nitrogens is 5. The van der Waals surface area contributed by atoms with Crippen LogP contribution in [0.15, 0.2) is 12.3 Å². The van der Waals surface area contributed by atoms with Crippen molar-refractivity contribution in [3.63, 3.8) is 0 Å². The van der Waals surface area contributed by atoms with E-state index in [4.69, 9.17) is 5.11 Å². The van der Waals surface area contributed by atoms with Crippen LogP contribution < -0.4 is 5.32 Å². The fraction of sp³-hybridized carbons (Fsp3) is 0.364. The van der Waals surface area contributed by atoms with Gasteiger partial charge in [-0.3, -0.25) is 4.79 Å². The summed E-state index contributed by atoms with van der Waals surface area (Å²) in [5.41, 5.74) is 2.39. The highest BCUT2D eigenvalue weighted by molar-refractivity contribution is 5.66. The number of hydrogen-bond acceptors (Lipinski definition) is 6. The number of hydrogen-bond donors (Lipinski definition) is 2. The molecular weight excluding hydrogens is 248 g/mol. The average molecular weight is 262 g/mol. The van der Waals surface area contributed by atoms with E-state index in [0.717, 1.165) is 11.4 Å². The van der Waals surface area contributed by atoms with Gasteiger partial charge in [0.15, 0.2) is 0 Å². The highest BCUT2D eigenvalue weighted by Gasteiger charge is 2.05. The molecule has 100 valence electrons. The van der Waals surface area contributed by atoms with Crippen molar-refractivity contribution in [2.75, 3.05) is 5.32 Å². The molecule has 0 bridgehead atoms. The van der Waals surface area contributed by atoms with Gasteiger partial charge in [-0.05, 0) is 19.9 Å². The first-order chi connectivity index (χ1) is 9.02. The van der Waals surface area contributed by atoms with Crippen LogP contribution in [0, 0.1) is 13.8 Å². The van der Waals surface area contributed by atoms with E-state index in [-0.39, 0.29) is 6.54 Å². The predicted octanol–water partition coefficient (Wildman–Crippen LogP) is 0.382. The van der Waals surface area contributed by atoms with Gasteiger partial charge in [0.05, 0.1) is 12.7 Å². The molecule has 2 aromatic rings. The second-order valence-corrected chi connectivity index (χ2v) is 4.13. The Labute approximate surface area is 109 Å². The van der Waals surface area contributed by atoms with Crippen molar-refractivity contribution < 1.29 is 9.90 Å². The van der Waals surface area contributed by atoms with Gasteiger partial charge in [0.1, 0.15) is 12.2 Å². The third-order valence-corrected chi connectivity index (χ3v) is 2.29. The average Bonchev–Trinajstić information content (AvgIpc) is 2.72. The quantitative estimate of drug-likeness (QED) is 0.802. The number of carboxylic acid groups (broad SMARTS) is 1. The summed E-state index contributed by atoms with van der Waals surface area (Å²) in [6.45, 7) is 3.97. The number of nitrogens with one attached hydrogen (secondary N) is 1. The fourth-order valence-corrected chi connectivity index (χ4v) is 1.61. The topological polar surface area (TPSA) is 106 Å². The molecule has 0 fully saturated rings. The minimum Gasteiger partial charge on any atom is -0.480 e. The van der Waals surface area contributed by atoms with Crippen molar-refractivity contribution >= 4 is 11.9 Å². The van der Waals surface area contributed by atoms with Gasteiger partial charge in [0, 0.05) is 11.4 Å². The first kappa shape index (κ1) is 12.9. The second-order valence-electron chi connectivity index (χ2n) is 4.13. The summed E-state index contributed by atoms with van der Waals surface area (Å²) < 4.78 is 1.27. The number of rotatable bonds is 5. The van der Waals surface area contributed by atoms with Gasteiger partial charge >= 0.3 is 5.97 Å². The Morgan fingerprint density at radius 3 is 2.68 bits per heavy atom. The Balaban J connectivity index is 1.98. The monoisotopic (exact) mass is 262 g/mol. The number of aryl methyl sites for hydroxylation is 2. The van der Waals surface area contributed by atoms with Gasteiger partial charge in [-0.1, -0.05) is 5.21 Å². The van der Waals surface area contributed by atoms with Crippen LogP contribution >= 0.6 is 0 Å². The molecule has 0 unspecified atom stereocenters. The number of carbonyl (C=O) groups is 1. The van der Waals surface area contributed by atoms with E-state index in [1.54, 1.807) is 6.20 Å². The van der Waals surface area contributed by atoms with Crippen molar-refractivity contribution in [3.05, 3.63) is 29.3 Å². The largest absolute Gasteiger partial charge is 0.480 e. The molecule has 8 nitrogen and oxygen atoms in total. The first-order valence-electron chi connectivity index (χ1n) is 5.70. The summed E-state index contributed by atoms with van der Waals surface area (Å²) >= 11 is 0. The molecule has 2 N–H and O–H groups in total. The zero-order valence-corrected chi connectivity index (χ0v) is 10.7. The van der Waals surface area contributed by atoms with Crippen LogP contribution in [0.1, 0.15) is 17.1 Å². The molecule has 0 saturated carbocycles. The molecule has 0 aliphatic heterocycles. The molecule has 0 radical (unpaired) electrons. The fourth-order valence-electron chi connectivity index (χ4n) is 1.61. The zero-order chi connectivity index (χ0) is 13.8. The number of anilines is 1. The third kappa shape index (κ3) is 3.73. The molecule has 0 atom stereocenters. The molecule has 0 saturated heterocycles. The summed E-state index contributed by atoms with van der Waals surface area (Å²) in [7, 11) is 0. The maximum atomic E-state index is 10.5. The Bertz CT molecular complexity index is 574. The molecule has 2 heterocycles. The zero-order valence-electron chi connectivity index (χ0n) is 10.7. The van der Waals surface area contributed by atoms with Crippen LogP contribution in [0.5, 0.6) is 0 Å². The lowest BCUT2D eigenvalue weighted by Crippen LogP contribution is -2.09. The molecular formula is C11H14N6O2. The summed E-state index contributed by atoms with van der Waals surface area (Å²) in [6, 6.07) is 1.88. The molecule has 0 aliphatic rings. The first-order valence-corrected chi connectivity index (χ1v) is 5.70. The van der Waals surface area contributed by atoms with E-state index in [1.165, 1.54) is 4.68 Å². The predicted molar refractivity (Wildman–Crippen MR) is 66.5 cm³/mol. The molecule has 0 amide bonds. The summed E-state index contributed by atoms with van der Waals surface area (Å²) in [4.78, 5) is 19.0. The number of aliphatic carboxylic acids is 1. The third-order valence-electron chi connectivity index (χ3n) is 2.29. The van der Waals surface area contributed by atoms with Gasteiger partial charge in [-0.15, -0.1) is 5.10 Å². The highest BCUT2D eigenvalue weighted by atomic mass is 16.4. The van der Waals surface area contributed by atoms with Gasteiger partial charge in [0.2, 0.25) is 5.95 Å². The van der Waals surface area contributed by atoms with Gasteiger partial charge in [-0.2, -0.15) is 0 Å². The van der Waals surface area contributed by atoms with Crippen molar-refractivity contribution in [2.24, 2.45) is 0 Å². The van der Waals surface area contributed by atoms with E-state index in [9.17, 15) is 4.79 Å². The summed E-state index contributed by atoms with van der Waals surface area (Å²) in [6.07, 6.45) is 1.57. The lowest BCUT2D eigenvalue weighted by Gasteiger charge is -2.04. The lowest BCUT2D eigenvalue weighted by molar-refractivity contribution is -0.137. The number of nitrogens with zero attached hydrogens (tertiary/aromatic N) is 5. The Morgan fingerprint density at radius 2 is 2.05 bits per heavy atom. The Morgan fingerprint density at radius 1 is 1.37 bits per heavy atom. The number of carboxylic acids is 1. The van der Waals surface area contributed by atoms with Gasteiger partial charge < -0.3 is 10.4 Å². The molecule has 0 spiro atoms. The normalized spacial score (nSPS) is 10.4. The molecule has 0 aromatic carbocycles. The van der Waals surface area contributed by atoms with Crippen molar-refractivity contribution in [1.82, 2.24) is 25.0 Å². The van der Waals surface area contributed by atoms with Crippen LogP contribution in [-0.2, 0) is 17.9 Å². The van der Waals surface area contributed by atoms with Crippen LogP contribution in [-0.4, -0.2) is 36.0 Å². The van der Waals surface area contributed by atoms with E-state index >= 15 is 0 Å². The molecule has 8 heteroatoms. The van der Waals surface area contributed by atoms with Crippen LogP contribution in [0.3, 0.4) is 0 Å². The van der Waals surface area contributed by atoms with Crippen molar-refractivity contribution in [2.45, 2.75) is 26.9 Å². The van der Waals surface area contributed by atoms with Crippen molar-refractivity contribution in [1.29, 1.82) is 0 Å². The van der Waals surface area contributed by atoms with Crippen LogP contribution in [0.2, 0.25) is 0 Å². The maximum Gasteiger partial charge on any atom is 0.325 e. The van der Waals surface area contributed by atoms with Crippen molar-refractivity contribution in [3.8, 4) is 0 Å². The minimum atomic E-state index is -0.956. The second kappa shape index (κ2) is 5.42. The molecule has 0 aliphatic carbocycles. The SMILES string of the molecule is Cc1cc(C)nc(NCc2cn(CC(=O)O)nn2)n1. The Kier molecular flexibility index (Phi) is 3.69. The van der Waals surface area contributed by atoms with E-state index < -0.39 is 5.97 Å². The standard InChI is InChI=1S/C11H14N6O2/c1-7-3-8(2)14-11(13-7)12-4-9-5-17(16-15-9)6-10(18)19/h3,5H,4,6H2,1-2H3,(H,18,19)(H,12,13,14). The van der Waals surface area contributed by atoms with E-state index in [0.29, 0.717) is 18.2 Å². The Hall–Kier alpha value is -2.51. The summed E-state index contributed by atoms with van der Waals surface area (Å²) in [5, 5.41) is 19.2. The molecule has 2 rings (SSSR count). The van der Waals surface area contributed by atoms with Crippen LogP contribution in [0.4, 0.5) is 5.95 Å². The highest BCUT2D eigenvalue weighted by Crippen LogP contribution is 2.05. The maximum absolute atomic E-state index is 10.5. The van der Waals surface area contributed by atoms with Gasteiger partial charge in [-0.25, -0.2) is 14.6 Å². The van der Waals surface area contributed by atoms with Crippen LogP contribution in [0.25, 0.3) is 0 Å². The summed E-state index contributed by atoms with van der Waals surface area (Å²) in [5.74, 6) is -0.438.